The summed E-state index contributed by atoms with van der Waals surface area (Å²) in [5, 5.41) is 0.648. The first kappa shape index (κ1) is 23.7. The smallest absolute Gasteiger partial charge is 0.260 e. The Balaban J connectivity index is 0.00000320. The second kappa shape index (κ2) is 10.5. The summed E-state index contributed by atoms with van der Waals surface area (Å²) in [4.78, 5) is 21.8. The summed E-state index contributed by atoms with van der Waals surface area (Å²) in [5.74, 6) is 1.69. The molecule has 1 heterocycles. The summed E-state index contributed by atoms with van der Waals surface area (Å²) in [6.07, 6.45) is 0. The van der Waals surface area contributed by atoms with Gasteiger partial charge < -0.3 is 19.1 Å². The van der Waals surface area contributed by atoms with E-state index in [1.807, 2.05) is 37.2 Å². The van der Waals surface area contributed by atoms with Gasteiger partial charge >= 0.3 is 0 Å². The van der Waals surface area contributed by atoms with E-state index in [9.17, 15) is 4.79 Å². The van der Waals surface area contributed by atoms with Crippen molar-refractivity contribution < 1.29 is 19.0 Å². The van der Waals surface area contributed by atoms with Crippen molar-refractivity contribution >= 4 is 45.0 Å². The quantitative estimate of drug-likeness (QED) is 0.516. The van der Waals surface area contributed by atoms with Gasteiger partial charge in [-0.1, -0.05) is 11.3 Å². The van der Waals surface area contributed by atoms with Gasteiger partial charge in [-0.25, -0.2) is 4.98 Å². The van der Waals surface area contributed by atoms with Crippen LogP contribution in [0.4, 0.5) is 5.13 Å². The number of aromatic nitrogens is 1. The lowest BCUT2D eigenvalue weighted by Gasteiger charge is -2.22. The average Bonchev–Trinajstić information content (AvgIpc) is 3.15. The Labute approximate surface area is 186 Å². The Bertz CT molecular complexity index is 1010. The Kier molecular flexibility index (Phi) is 8.28. The first-order chi connectivity index (χ1) is 14.0. The topological polar surface area (TPSA) is 64.1 Å². The van der Waals surface area contributed by atoms with Crippen LogP contribution in [0, 0.1) is 0 Å². The lowest BCUT2D eigenvalue weighted by atomic mass is 10.1. The monoisotopic (exact) mass is 451 g/mol. The van der Waals surface area contributed by atoms with Crippen molar-refractivity contribution in [3.63, 3.8) is 0 Å². The van der Waals surface area contributed by atoms with Gasteiger partial charge in [-0.2, -0.15) is 0 Å². The fraction of sp³-hybridized carbons (Fsp3) is 0.333. The number of hydrogen-bond donors (Lipinski definition) is 0. The number of rotatable bonds is 8. The van der Waals surface area contributed by atoms with Crippen LogP contribution in [0.3, 0.4) is 0 Å². The third-order valence-corrected chi connectivity index (χ3v) is 5.52. The molecule has 0 aliphatic heterocycles. The summed E-state index contributed by atoms with van der Waals surface area (Å²) in [6.45, 7) is 1.22. The van der Waals surface area contributed by atoms with Crippen molar-refractivity contribution in [2.75, 3.05) is 53.4 Å². The van der Waals surface area contributed by atoms with E-state index in [1.54, 1.807) is 44.4 Å². The molecule has 0 fully saturated rings. The van der Waals surface area contributed by atoms with Gasteiger partial charge in [0.05, 0.1) is 31.5 Å². The maximum Gasteiger partial charge on any atom is 0.260 e. The second-order valence-electron chi connectivity index (χ2n) is 6.66. The average molecular weight is 452 g/mol. The maximum absolute atomic E-state index is 13.4. The van der Waals surface area contributed by atoms with Gasteiger partial charge in [0.1, 0.15) is 5.75 Å². The number of nitrogens with zero attached hydrogens (tertiary/aromatic N) is 3. The zero-order valence-electron chi connectivity index (χ0n) is 17.7. The number of amides is 1. The molecule has 9 heteroatoms. The molecule has 0 bridgehead atoms. The molecule has 0 aliphatic rings. The van der Waals surface area contributed by atoms with Gasteiger partial charge in [-0.05, 0) is 44.4 Å². The summed E-state index contributed by atoms with van der Waals surface area (Å²) in [7, 11) is 8.69. The number of thiazole rings is 1. The van der Waals surface area contributed by atoms with Gasteiger partial charge in [-0.3, -0.25) is 9.69 Å². The molecular weight excluding hydrogens is 426 g/mol. The highest BCUT2D eigenvalue weighted by atomic mass is 35.5. The molecule has 2 aromatic carbocycles. The maximum atomic E-state index is 13.4. The minimum atomic E-state index is -0.140. The normalized spacial score (nSPS) is 10.6. The number of methoxy groups -OCH3 is 3. The van der Waals surface area contributed by atoms with Gasteiger partial charge in [0, 0.05) is 24.7 Å². The van der Waals surface area contributed by atoms with E-state index >= 15 is 0 Å². The van der Waals surface area contributed by atoms with Gasteiger partial charge in [0.15, 0.2) is 16.6 Å². The van der Waals surface area contributed by atoms with Gasteiger partial charge in [0.2, 0.25) is 0 Å². The van der Waals surface area contributed by atoms with Crippen LogP contribution in [0.5, 0.6) is 17.2 Å². The summed E-state index contributed by atoms with van der Waals surface area (Å²) >= 11 is 1.48. The Morgan fingerprint density at radius 1 is 0.967 bits per heavy atom. The molecule has 1 aromatic heterocycles. The molecule has 0 unspecified atom stereocenters. The van der Waals surface area contributed by atoms with Crippen LogP contribution in [0.25, 0.3) is 10.2 Å². The molecule has 162 valence electrons. The number of carbonyl (C=O) groups is 1. The van der Waals surface area contributed by atoms with Crippen LogP contribution in [0.15, 0.2) is 36.4 Å². The molecule has 7 nitrogen and oxygen atoms in total. The highest BCUT2D eigenvalue weighted by molar-refractivity contribution is 7.22. The molecule has 0 N–H and O–H groups in total. The standard InChI is InChI=1S/C21H25N3O4S.ClH/c1-23(2)10-11-24(20(25)14-6-8-17(27-4)18(12-14)28-5)21-22-16-13-15(26-3)7-9-19(16)29-21;/h6-9,12-13H,10-11H2,1-5H3;1H. The van der Waals surface area contributed by atoms with E-state index in [0.717, 1.165) is 16.0 Å². The van der Waals surface area contributed by atoms with Crippen LogP contribution in [0.2, 0.25) is 0 Å². The highest BCUT2D eigenvalue weighted by Crippen LogP contribution is 2.33. The van der Waals surface area contributed by atoms with E-state index in [-0.39, 0.29) is 18.3 Å². The third kappa shape index (κ3) is 5.13. The molecule has 1 amide bonds. The van der Waals surface area contributed by atoms with Crippen molar-refractivity contribution in [2.45, 2.75) is 0 Å². The fourth-order valence-electron chi connectivity index (χ4n) is 2.85. The van der Waals surface area contributed by atoms with E-state index in [2.05, 4.69) is 0 Å². The molecule has 0 saturated carbocycles. The molecular formula is C21H26ClN3O4S. The number of carbonyl (C=O) groups excluding carboxylic acids is 1. The van der Waals surface area contributed by atoms with Gasteiger partial charge in [0.25, 0.3) is 5.91 Å². The summed E-state index contributed by atoms with van der Waals surface area (Å²) in [5.41, 5.74) is 1.32. The van der Waals surface area contributed by atoms with Gasteiger partial charge in [-0.15, -0.1) is 12.4 Å². The fourth-order valence-corrected chi connectivity index (χ4v) is 3.82. The predicted molar refractivity (Wildman–Crippen MR) is 123 cm³/mol. The first-order valence-corrected chi connectivity index (χ1v) is 9.91. The minimum absolute atomic E-state index is 0. The number of likely N-dealkylation sites (N-methyl/N-ethyl adjacent to an activating group) is 1. The predicted octanol–water partition coefficient (Wildman–Crippen LogP) is 3.95. The number of halogens is 1. The third-order valence-electron chi connectivity index (χ3n) is 4.46. The van der Waals surface area contributed by atoms with Crippen molar-refractivity contribution in [2.24, 2.45) is 0 Å². The molecule has 0 atom stereocenters. The molecule has 3 rings (SSSR count). The lowest BCUT2D eigenvalue weighted by molar-refractivity contribution is 0.0985. The second-order valence-corrected chi connectivity index (χ2v) is 7.67. The first-order valence-electron chi connectivity index (χ1n) is 9.10. The minimum Gasteiger partial charge on any atom is -0.497 e. The number of benzene rings is 2. The zero-order chi connectivity index (χ0) is 21.0. The van der Waals surface area contributed by atoms with Crippen molar-refractivity contribution in [3.8, 4) is 17.2 Å². The molecule has 3 aromatic rings. The SMILES string of the molecule is COc1ccc2sc(N(CCN(C)C)C(=O)c3ccc(OC)c(OC)c3)nc2c1.Cl. The molecule has 0 saturated heterocycles. The number of anilines is 1. The van der Waals surface area contributed by atoms with Crippen LogP contribution >= 0.6 is 23.7 Å². The van der Waals surface area contributed by atoms with E-state index in [0.29, 0.717) is 35.3 Å². The van der Waals surface area contributed by atoms with E-state index in [4.69, 9.17) is 19.2 Å². The molecule has 0 radical (unpaired) electrons. The largest absolute Gasteiger partial charge is 0.497 e. The van der Waals surface area contributed by atoms with Crippen LogP contribution in [-0.4, -0.2) is 64.3 Å². The number of fused-ring (bicyclic) bond motifs is 1. The lowest BCUT2D eigenvalue weighted by Crippen LogP contribution is -2.36. The summed E-state index contributed by atoms with van der Waals surface area (Å²) < 4.78 is 16.9. The van der Waals surface area contributed by atoms with Crippen LogP contribution < -0.4 is 19.1 Å². The van der Waals surface area contributed by atoms with E-state index in [1.165, 1.54) is 11.3 Å². The number of hydrogen-bond acceptors (Lipinski definition) is 7. The molecule has 0 aliphatic carbocycles. The Morgan fingerprint density at radius 3 is 2.33 bits per heavy atom. The highest BCUT2D eigenvalue weighted by Gasteiger charge is 2.23. The van der Waals surface area contributed by atoms with Crippen molar-refractivity contribution in [3.05, 3.63) is 42.0 Å². The van der Waals surface area contributed by atoms with Crippen LogP contribution in [-0.2, 0) is 0 Å². The summed E-state index contributed by atoms with van der Waals surface area (Å²) in [6, 6.07) is 10.9. The molecule has 0 spiro atoms. The van der Waals surface area contributed by atoms with Crippen molar-refractivity contribution in [1.82, 2.24) is 9.88 Å². The Hall–Kier alpha value is -2.55. The zero-order valence-corrected chi connectivity index (χ0v) is 19.3. The van der Waals surface area contributed by atoms with E-state index < -0.39 is 0 Å². The molecule has 30 heavy (non-hydrogen) atoms. The van der Waals surface area contributed by atoms with Crippen LogP contribution in [0.1, 0.15) is 10.4 Å². The number of ether oxygens (including phenoxy) is 3. The van der Waals surface area contributed by atoms with Crippen molar-refractivity contribution in [1.29, 1.82) is 0 Å². The Morgan fingerprint density at radius 2 is 1.70 bits per heavy atom.